The van der Waals surface area contributed by atoms with Gasteiger partial charge in [0.2, 0.25) is 5.91 Å². The first-order valence-electron chi connectivity index (χ1n) is 14.2. The van der Waals surface area contributed by atoms with Crippen molar-refractivity contribution in [3.63, 3.8) is 0 Å². The van der Waals surface area contributed by atoms with Crippen LogP contribution in [0.4, 0.5) is 11.4 Å². The zero-order valence-corrected chi connectivity index (χ0v) is 24.8. The summed E-state index contributed by atoms with van der Waals surface area (Å²) in [5, 5.41) is 7.87. The molecule has 1 N–H and O–H groups in total. The molecule has 210 valence electrons. The molecule has 3 aromatic heterocycles. The Morgan fingerprint density at radius 1 is 1.05 bits per heavy atom. The van der Waals surface area contributed by atoms with Crippen molar-refractivity contribution in [1.82, 2.24) is 28.8 Å². The van der Waals surface area contributed by atoms with Crippen LogP contribution in [0.3, 0.4) is 0 Å². The number of amides is 1. The highest BCUT2D eigenvalue weighted by Crippen LogP contribution is 2.38. The fourth-order valence-corrected chi connectivity index (χ4v) is 4.75. The third kappa shape index (κ3) is 6.03. The summed E-state index contributed by atoms with van der Waals surface area (Å²) >= 11 is 0. The summed E-state index contributed by atoms with van der Waals surface area (Å²) < 4.78 is 5.65. The number of imidazole rings is 1. The van der Waals surface area contributed by atoms with Crippen molar-refractivity contribution in [2.45, 2.75) is 98.7 Å². The monoisotopic (exact) mass is 525 g/mol. The van der Waals surface area contributed by atoms with Crippen molar-refractivity contribution >= 4 is 28.3 Å². The number of carbonyl (C=O) groups is 1. The Kier molecular flexibility index (Phi) is 11.4. The average Bonchev–Trinajstić information content (AvgIpc) is 3.45. The van der Waals surface area contributed by atoms with E-state index in [4.69, 9.17) is 0 Å². The first-order valence-corrected chi connectivity index (χ1v) is 14.2. The van der Waals surface area contributed by atoms with Gasteiger partial charge in [0, 0.05) is 44.6 Å². The van der Waals surface area contributed by atoms with Gasteiger partial charge in [-0.15, -0.1) is 0 Å². The SMILES string of the molecule is C=CC(=O)N(C)C1CC(n2cc(Nc3cn(C)nc3C)c3ncn(C4CCC4)c3c2=O)C1.CC.CC.CC. The lowest BCUT2D eigenvalue weighted by Crippen LogP contribution is -2.47. The summed E-state index contributed by atoms with van der Waals surface area (Å²) in [6.45, 7) is 17.5. The summed E-state index contributed by atoms with van der Waals surface area (Å²) in [6, 6.07) is 0.487. The third-order valence-electron chi connectivity index (χ3n) is 7.06. The number of aryl methyl sites for hydroxylation is 2. The summed E-state index contributed by atoms with van der Waals surface area (Å²) in [6.07, 6.45) is 11.8. The molecule has 0 spiro atoms. The van der Waals surface area contributed by atoms with Crippen LogP contribution in [-0.4, -0.2) is 47.8 Å². The normalized spacial score (nSPS) is 17.8. The molecule has 0 saturated heterocycles. The Morgan fingerprint density at radius 3 is 2.18 bits per heavy atom. The van der Waals surface area contributed by atoms with E-state index in [1.54, 1.807) is 16.6 Å². The van der Waals surface area contributed by atoms with Crippen molar-refractivity contribution in [1.29, 1.82) is 0 Å². The molecule has 2 aliphatic rings. The molecule has 2 fully saturated rings. The lowest BCUT2D eigenvalue weighted by Gasteiger charge is -2.41. The number of anilines is 2. The number of fused-ring (bicyclic) bond motifs is 1. The lowest BCUT2D eigenvalue weighted by molar-refractivity contribution is -0.129. The Hall–Kier alpha value is -3.36. The van der Waals surface area contributed by atoms with E-state index in [1.165, 1.54) is 12.5 Å². The Bertz CT molecular complexity index is 1260. The molecular weight excluding hydrogens is 478 g/mol. The second-order valence-corrected chi connectivity index (χ2v) is 9.05. The highest BCUT2D eigenvalue weighted by molar-refractivity contribution is 5.90. The van der Waals surface area contributed by atoms with Gasteiger partial charge in [0.1, 0.15) is 11.0 Å². The Balaban J connectivity index is 0.000000791. The number of nitrogens with zero attached hydrogens (tertiary/aromatic N) is 6. The second kappa shape index (κ2) is 14.0. The summed E-state index contributed by atoms with van der Waals surface area (Å²) in [5.74, 6) is -0.0892. The molecule has 1 amide bonds. The van der Waals surface area contributed by atoms with Crippen molar-refractivity contribution in [3.8, 4) is 0 Å². The Morgan fingerprint density at radius 2 is 1.68 bits per heavy atom. The van der Waals surface area contributed by atoms with E-state index in [-0.39, 0.29) is 23.6 Å². The Labute approximate surface area is 227 Å². The number of hydrogen-bond acceptors (Lipinski definition) is 5. The van der Waals surface area contributed by atoms with E-state index in [2.05, 4.69) is 26.5 Å². The fraction of sp³-hybridized carbons (Fsp3) is 0.586. The van der Waals surface area contributed by atoms with E-state index in [1.807, 2.05) is 78.8 Å². The average molecular weight is 526 g/mol. The predicted octanol–water partition coefficient (Wildman–Crippen LogP) is 6.14. The van der Waals surface area contributed by atoms with Crippen LogP contribution in [0.25, 0.3) is 11.0 Å². The molecule has 0 bridgehead atoms. The molecule has 3 aromatic rings. The van der Waals surface area contributed by atoms with Crippen LogP contribution in [0.1, 0.15) is 91.4 Å². The molecular formula is C29H47N7O2. The van der Waals surface area contributed by atoms with Crippen molar-refractivity contribution in [3.05, 3.63) is 47.4 Å². The van der Waals surface area contributed by atoms with Gasteiger partial charge in [0.25, 0.3) is 5.56 Å². The summed E-state index contributed by atoms with van der Waals surface area (Å²) in [5.41, 5.74) is 3.90. The van der Waals surface area contributed by atoms with E-state index >= 15 is 0 Å². The highest BCUT2D eigenvalue weighted by Gasteiger charge is 2.36. The van der Waals surface area contributed by atoms with Crippen molar-refractivity contribution in [2.75, 3.05) is 12.4 Å². The lowest BCUT2D eigenvalue weighted by atomic mass is 9.85. The molecule has 0 radical (unpaired) electrons. The van der Waals surface area contributed by atoms with Crippen LogP contribution in [0.2, 0.25) is 0 Å². The maximum atomic E-state index is 13.6. The number of pyridine rings is 1. The van der Waals surface area contributed by atoms with Crippen LogP contribution in [0, 0.1) is 6.92 Å². The van der Waals surface area contributed by atoms with Gasteiger partial charge >= 0.3 is 0 Å². The minimum absolute atomic E-state index is 0.0148. The minimum atomic E-state index is -0.0892. The summed E-state index contributed by atoms with van der Waals surface area (Å²) in [7, 11) is 3.68. The number of rotatable bonds is 6. The molecule has 9 nitrogen and oxygen atoms in total. The van der Waals surface area contributed by atoms with Crippen molar-refractivity contribution in [2.24, 2.45) is 7.05 Å². The quantitative estimate of drug-likeness (QED) is 0.391. The first kappa shape index (κ1) is 30.9. The predicted molar refractivity (Wildman–Crippen MR) is 157 cm³/mol. The van der Waals surface area contributed by atoms with Crippen LogP contribution < -0.4 is 10.9 Å². The standard InChI is InChI=1S/C23H29N7O2.3C2H6/c1-5-20(31)28(4)16-9-17(10-16)29-12-19(25-18-11-27(3)26-14(18)2)21-22(23(29)32)30(13-24-21)15-7-6-8-15;3*1-2/h5,11-13,15-17,25H,1,6-10H2,2-4H3;3*1-2H3. The maximum Gasteiger partial charge on any atom is 0.277 e. The van der Waals surface area contributed by atoms with Crippen LogP contribution >= 0.6 is 0 Å². The number of likely N-dealkylation sites (N-methyl/N-ethyl adjacent to an activating group) is 1. The van der Waals surface area contributed by atoms with Crippen LogP contribution in [-0.2, 0) is 11.8 Å². The first-order chi connectivity index (χ1) is 18.4. The molecule has 2 aliphatic carbocycles. The number of aromatic nitrogens is 5. The van der Waals surface area contributed by atoms with Gasteiger partial charge in [-0.25, -0.2) is 4.98 Å². The van der Waals surface area contributed by atoms with Gasteiger partial charge in [-0.3, -0.25) is 14.3 Å². The zero-order chi connectivity index (χ0) is 28.6. The van der Waals surface area contributed by atoms with E-state index in [0.29, 0.717) is 17.1 Å². The fourth-order valence-electron chi connectivity index (χ4n) is 4.75. The smallest absolute Gasteiger partial charge is 0.277 e. The summed E-state index contributed by atoms with van der Waals surface area (Å²) in [4.78, 5) is 31.9. The molecule has 2 saturated carbocycles. The van der Waals surface area contributed by atoms with Crippen LogP contribution in [0.15, 0.2) is 36.2 Å². The number of carbonyl (C=O) groups excluding carboxylic acids is 1. The largest absolute Gasteiger partial charge is 0.350 e. The minimum Gasteiger partial charge on any atom is -0.350 e. The molecule has 9 heteroatoms. The number of hydrogen-bond donors (Lipinski definition) is 1. The molecule has 0 aromatic carbocycles. The van der Waals surface area contributed by atoms with E-state index in [0.717, 1.165) is 42.8 Å². The highest BCUT2D eigenvalue weighted by atomic mass is 16.2. The van der Waals surface area contributed by atoms with Gasteiger partial charge in [0.05, 0.1) is 23.4 Å². The molecule has 0 unspecified atom stereocenters. The zero-order valence-electron chi connectivity index (χ0n) is 24.8. The van der Waals surface area contributed by atoms with Gasteiger partial charge < -0.3 is 19.4 Å². The van der Waals surface area contributed by atoms with Gasteiger partial charge in [0.15, 0.2) is 0 Å². The van der Waals surface area contributed by atoms with Crippen LogP contribution in [0.5, 0.6) is 0 Å². The van der Waals surface area contributed by atoms with Gasteiger partial charge in [-0.2, -0.15) is 5.10 Å². The molecule has 0 aliphatic heterocycles. The topological polar surface area (TPSA) is 90.0 Å². The molecule has 3 heterocycles. The molecule has 0 atom stereocenters. The van der Waals surface area contributed by atoms with E-state index in [9.17, 15) is 9.59 Å². The second-order valence-electron chi connectivity index (χ2n) is 9.05. The number of nitrogens with one attached hydrogen (secondary N) is 1. The van der Waals surface area contributed by atoms with E-state index < -0.39 is 0 Å². The third-order valence-corrected chi connectivity index (χ3v) is 7.06. The molecule has 38 heavy (non-hydrogen) atoms. The molecule has 5 rings (SSSR count). The maximum absolute atomic E-state index is 13.6. The van der Waals surface area contributed by atoms with Gasteiger partial charge in [-0.05, 0) is 45.1 Å². The van der Waals surface area contributed by atoms with Crippen molar-refractivity contribution < 1.29 is 4.79 Å². The van der Waals surface area contributed by atoms with Gasteiger partial charge in [-0.1, -0.05) is 48.1 Å².